The smallest absolute Gasteiger partial charge is 0.0455 e. The lowest BCUT2D eigenvalue weighted by Gasteiger charge is -2.08. The summed E-state index contributed by atoms with van der Waals surface area (Å²) >= 11 is 6.10. The first-order chi connectivity index (χ1) is 9.24. The van der Waals surface area contributed by atoms with Gasteiger partial charge in [0.15, 0.2) is 0 Å². The topological polar surface area (TPSA) is 12.0 Å². The van der Waals surface area contributed by atoms with Crippen LogP contribution in [-0.2, 0) is 0 Å². The summed E-state index contributed by atoms with van der Waals surface area (Å²) in [7, 11) is 0. The van der Waals surface area contributed by atoms with Crippen LogP contribution in [0.25, 0.3) is 0 Å². The molecule has 0 aliphatic heterocycles. The Labute approximate surface area is 123 Å². The van der Waals surface area contributed by atoms with Crippen LogP contribution in [-0.4, -0.2) is 6.54 Å². The van der Waals surface area contributed by atoms with Crippen molar-refractivity contribution in [1.29, 1.82) is 0 Å². The van der Waals surface area contributed by atoms with Crippen LogP contribution < -0.4 is 5.32 Å². The Hall–Kier alpha value is -0.690. The molecule has 0 amide bonds. The Morgan fingerprint density at radius 2 is 1.58 bits per heavy atom. The van der Waals surface area contributed by atoms with E-state index < -0.39 is 0 Å². The first-order valence-corrected chi connectivity index (χ1v) is 8.12. The molecule has 0 bridgehead atoms. The summed E-state index contributed by atoms with van der Waals surface area (Å²) in [5, 5.41) is 4.29. The fourth-order valence-corrected chi connectivity index (χ4v) is 2.37. The van der Waals surface area contributed by atoms with Gasteiger partial charge in [0.2, 0.25) is 0 Å². The molecule has 0 aliphatic carbocycles. The molecule has 1 aromatic rings. The minimum absolute atomic E-state index is 0.848. The second-order valence-corrected chi connectivity index (χ2v) is 5.77. The van der Waals surface area contributed by atoms with Crippen LogP contribution in [0.15, 0.2) is 18.2 Å². The van der Waals surface area contributed by atoms with Gasteiger partial charge < -0.3 is 5.32 Å². The molecule has 0 radical (unpaired) electrons. The molecular formula is C17H28ClN. The number of hydrogen-bond acceptors (Lipinski definition) is 1. The number of hydrogen-bond donors (Lipinski definition) is 1. The lowest BCUT2D eigenvalue weighted by atomic mass is 10.1. The fraction of sp³-hybridized carbons (Fsp3) is 0.647. The van der Waals surface area contributed by atoms with Crippen LogP contribution in [0.3, 0.4) is 0 Å². The highest BCUT2D eigenvalue weighted by Gasteiger charge is 1.97. The van der Waals surface area contributed by atoms with Gasteiger partial charge in [-0.15, -0.1) is 0 Å². The van der Waals surface area contributed by atoms with Gasteiger partial charge >= 0.3 is 0 Å². The van der Waals surface area contributed by atoms with Gasteiger partial charge in [-0.1, -0.05) is 69.5 Å². The van der Waals surface area contributed by atoms with Gasteiger partial charge in [0.25, 0.3) is 0 Å². The van der Waals surface area contributed by atoms with Crippen molar-refractivity contribution < 1.29 is 0 Å². The normalized spacial score (nSPS) is 10.7. The molecule has 19 heavy (non-hydrogen) atoms. The Bertz CT molecular complexity index is 349. The van der Waals surface area contributed by atoms with Gasteiger partial charge in [0.05, 0.1) is 0 Å². The van der Waals surface area contributed by atoms with Crippen molar-refractivity contribution in [2.75, 3.05) is 11.9 Å². The summed E-state index contributed by atoms with van der Waals surface area (Å²) in [6.45, 7) is 5.35. The molecular weight excluding hydrogens is 254 g/mol. The largest absolute Gasteiger partial charge is 0.385 e. The molecule has 2 heteroatoms. The molecule has 0 saturated carbocycles. The number of rotatable bonds is 10. The van der Waals surface area contributed by atoms with Crippen molar-refractivity contribution in [3.05, 3.63) is 28.8 Å². The first kappa shape index (κ1) is 16.4. The molecule has 0 aliphatic rings. The summed E-state index contributed by atoms with van der Waals surface area (Å²) in [5.41, 5.74) is 2.28. The Morgan fingerprint density at radius 1 is 0.947 bits per heavy atom. The van der Waals surface area contributed by atoms with E-state index in [-0.39, 0.29) is 0 Å². The molecule has 1 nitrogen and oxygen atoms in total. The molecule has 1 rings (SSSR count). The molecule has 0 spiro atoms. The van der Waals surface area contributed by atoms with E-state index in [2.05, 4.69) is 24.4 Å². The predicted octanol–water partition coefficient (Wildman–Crippen LogP) is 6.20. The predicted molar refractivity (Wildman–Crippen MR) is 87.3 cm³/mol. The van der Waals surface area contributed by atoms with E-state index in [0.29, 0.717) is 0 Å². The number of unbranched alkanes of at least 4 members (excludes halogenated alkanes) is 7. The average molecular weight is 282 g/mol. The highest BCUT2D eigenvalue weighted by molar-refractivity contribution is 6.31. The van der Waals surface area contributed by atoms with E-state index in [4.69, 9.17) is 11.6 Å². The summed E-state index contributed by atoms with van der Waals surface area (Å²) in [4.78, 5) is 0. The molecule has 108 valence electrons. The van der Waals surface area contributed by atoms with Gasteiger partial charge in [0, 0.05) is 17.3 Å². The average Bonchev–Trinajstić information content (AvgIpc) is 2.41. The molecule has 0 unspecified atom stereocenters. The Balaban J connectivity index is 2.00. The number of benzene rings is 1. The zero-order chi connectivity index (χ0) is 13.9. The SMILES string of the molecule is CCCCCCCCCCNc1ccc(C)c(Cl)c1. The van der Waals surface area contributed by atoms with Crippen molar-refractivity contribution >= 4 is 17.3 Å². The molecule has 0 atom stereocenters. The maximum absolute atomic E-state index is 6.10. The number of halogens is 1. The second kappa shape index (κ2) is 10.1. The summed E-state index contributed by atoms with van der Waals surface area (Å²) in [5.74, 6) is 0. The second-order valence-electron chi connectivity index (χ2n) is 5.37. The summed E-state index contributed by atoms with van der Waals surface area (Å²) in [6.07, 6.45) is 10.9. The fourth-order valence-electron chi connectivity index (χ4n) is 2.19. The summed E-state index contributed by atoms with van der Waals surface area (Å²) in [6, 6.07) is 6.19. The first-order valence-electron chi connectivity index (χ1n) is 7.74. The van der Waals surface area contributed by atoms with Crippen LogP contribution in [0.1, 0.15) is 63.9 Å². The van der Waals surface area contributed by atoms with Crippen molar-refractivity contribution in [2.45, 2.75) is 65.2 Å². The quantitative estimate of drug-likeness (QED) is 0.503. The molecule has 0 aromatic heterocycles. The van der Waals surface area contributed by atoms with Crippen LogP contribution in [0, 0.1) is 6.92 Å². The minimum atomic E-state index is 0.848. The maximum atomic E-state index is 6.10. The van der Waals surface area contributed by atoms with Gasteiger partial charge in [-0.2, -0.15) is 0 Å². The lowest BCUT2D eigenvalue weighted by molar-refractivity contribution is 0.581. The standard InChI is InChI=1S/C17H28ClN/c1-3-4-5-6-7-8-9-10-13-19-16-12-11-15(2)17(18)14-16/h11-12,14,19H,3-10,13H2,1-2H3. The van der Waals surface area contributed by atoms with Crippen LogP contribution in [0.4, 0.5) is 5.69 Å². The van der Waals surface area contributed by atoms with Crippen LogP contribution in [0.5, 0.6) is 0 Å². The van der Waals surface area contributed by atoms with E-state index in [1.54, 1.807) is 0 Å². The number of nitrogens with one attached hydrogen (secondary N) is 1. The zero-order valence-corrected chi connectivity index (χ0v) is 13.2. The Morgan fingerprint density at radius 3 is 2.21 bits per heavy atom. The maximum Gasteiger partial charge on any atom is 0.0455 e. The van der Waals surface area contributed by atoms with Crippen LogP contribution >= 0.6 is 11.6 Å². The van der Waals surface area contributed by atoms with Gasteiger partial charge in [0.1, 0.15) is 0 Å². The third kappa shape index (κ3) is 7.47. The zero-order valence-electron chi connectivity index (χ0n) is 12.5. The molecule has 1 N–H and O–H groups in total. The number of anilines is 1. The van der Waals surface area contributed by atoms with E-state index in [9.17, 15) is 0 Å². The molecule has 0 fully saturated rings. The van der Waals surface area contributed by atoms with Crippen molar-refractivity contribution in [3.8, 4) is 0 Å². The Kier molecular flexibility index (Phi) is 8.73. The highest BCUT2D eigenvalue weighted by Crippen LogP contribution is 2.20. The molecule has 0 heterocycles. The van der Waals surface area contributed by atoms with Crippen LogP contribution in [0.2, 0.25) is 5.02 Å². The molecule has 0 saturated heterocycles. The number of aryl methyl sites for hydroxylation is 1. The third-order valence-corrected chi connectivity index (χ3v) is 3.94. The van der Waals surface area contributed by atoms with E-state index in [1.807, 2.05) is 13.0 Å². The van der Waals surface area contributed by atoms with Gasteiger partial charge in [-0.05, 0) is 31.0 Å². The van der Waals surface area contributed by atoms with Crippen molar-refractivity contribution in [2.24, 2.45) is 0 Å². The summed E-state index contributed by atoms with van der Waals surface area (Å²) < 4.78 is 0. The van der Waals surface area contributed by atoms with E-state index in [1.165, 1.54) is 51.4 Å². The lowest BCUT2D eigenvalue weighted by Crippen LogP contribution is -2.01. The minimum Gasteiger partial charge on any atom is -0.385 e. The van der Waals surface area contributed by atoms with E-state index >= 15 is 0 Å². The van der Waals surface area contributed by atoms with Crippen molar-refractivity contribution in [1.82, 2.24) is 0 Å². The van der Waals surface area contributed by atoms with Crippen molar-refractivity contribution in [3.63, 3.8) is 0 Å². The highest BCUT2D eigenvalue weighted by atomic mass is 35.5. The van der Waals surface area contributed by atoms with Gasteiger partial charge in [-0.3, -0.25) is 0 Å². The molecule has 1 aromatic carbocycles. The van der Waals surface area contributed by atoms with E-state index in [0.717, 1.165) is 22.8 Å². The van der Waals surface area contributed by atoms with Gasteiger partial charge in [-0.25, -0.2) is 0 Å². The monoisotopic (exact) mass is 281 g/mol. The third-order valence-electron chi connectivity index (χ3n) is 3.53.